The number of rotatable bonds is 23. The fraction of sp³-hybridized carbons (Fsp3) is 0.878. The third-order valence-electron chi connectivity index (χ3n) is 13.1. The van der Waals surface area contributed by atoms with Gasteiger partial charge in [0.15, 0.2) is 0 Å². The number of carbonyl (C=O) groups is 3. The van der Waals surface area contributed by atoms with Crippen LogP contribution in [0.25, 0.3) is 0 Å². The number of carboxylic acids is 1. The Kier molecular flexibility index (Phi) is 17.7. The van der Waals surface area contributed by atoms with Crippen LogP contribution in [0.15, 0.2) is 11.6 Å². The minimum atomic E-state index is -1.14. The number of hydrogen-bond donors (Lipinski definition) is 4. The van der Waals surface area contributed by atoms with Crippen molar-refractivity contribution in [2.24, 2.45) is 46.3 Å². The van der Waals surface area contributed by atoms with E-state index in [4.69, 9.17) is 28.8 Å². The van der Waals surface area contributed by atoms with Gasteiger partial charge in [-0.3, -0.25) is 4.79 Å². The fourth-order valence-corrected chi connectivity index (χ4v) is 10.4. The first-order valence-corrected chi connectivity index (χ1v) is 20.6. The van der Waals surface area contributed by atoms with E-state index in [0.717, 1.165) is 54.8 Å². The minimum absolute atomic E-state index is 0.0242. The lowest BCUT2D eigenvalue weighted by molar-refractivity contribution is -0.135. The molecule has 12 heteroatoms. The molecule has 0 heterocycles. The molecule has 0 aliphatic heterocycles. The molecular weight excluding hydrogens is 678 g/mol. The van der Waals surface area contributed by atoms with Gasteiger partial charge in [-0.1, -0.05) is 65.5 Å². The summed E-state index contributed by atoms with van der Waals surface area (Å²) in [5.41, 5.74) is 2.30. The second-order valence-corrected chi connectivity index (χ2v) is 17.0. The maximum atomic E-state index is 12.7. The quantitative estimate of drug-likeness (QED) is 0.0666. The highest BCUT2D eigenvalue weighted by Crippen LogP contribution is 2.67. The van der Waals surface area contributed by atoms with Crippen molar-refractivity contribution in [2.75, 3.05) is 72.4 Å². The molecule has 4 aliphatic carbocycles. The number of alkyl carbamates (subject to hydrolysis) is 2. The third-order valence-corrected chi connectivity index (χ3v) is 13.1. The zero-order valence-electron chi connectivity index (χ0n) is 33.4. The lowest BCUT2D eigenvalue weighted by Gasteiger charge is -2.58. The Morgan fingerprint density at radius 1 is 0.811 bits per heavy atom. The number of allylic oxidation sites excluding steroid dienone is 1. The smallest absolute Gasteiger partial charge is 0.407 e. The number of nitrogens with one attached hydrogen (secondary N) is 3. The van der Waals surface area contributed by atoms with Gasteiger partial charge in [0, 0.05) is 26.1 Å². The van der Waals surface area contributed by atoms with E-state index in [9.17, 15) is 14.4 Å². The molecule has 304 valence electrons. The van der Waals surface area contributed by atoms with Crippen LogP contribution in [0.4, 0.5) is 9.59 Å². The van der Waals surface area contributed by atoms with Crippen molar-refractivity contribution in [1.29, 1.82) is 0 Å². The van der Waals surface area contributed by atoms with E-state index in [2.05, 4.69) is 56.6 Å². The SMILES string of the molecule is CC(C)CCC[C@@H](C)[C@H]1CC[C@H]2[C@@H]3CC=C4C[C@@H](OC(=O)NCCNCCOCCOCCOCCOC(=O)NCC(=O)O)CC[C@]4(C)[C@H]3CC[C@]12C. The summed E-state index contributed by atoms with van der Waals surface area (Å²) in [7, 11) is 0. The normalized spacial score (nSPS) is 29.7. The van der Waals surface area contributed by atoms with Crippen molar-refractivity contribution >= 4 is 18.2 Å². The molecule has 0 aromatic heterocycles. The molecule has 53 heavy (non-hydrogen) atoms. The maximum Gasteiger partial charge on any atom is 0.407 e. The average Bonchev–Trinajstić information content (AvgIpc) is 3.47. The molecule has 0 saturated heterocycles. The van der Waals surface area contributed by atoms with Crippen LogP contribution in [-0.2, 0) is 28.5 Å². The molecule has 0 bridgehead atoms. The van der Waals surface area contributed by atoms with Crippen LogP contribution in [0.2, 0.25) is 0 Å². The zero-order chi connectivity index (χ0) is 38.3. The predicted octanol–water partition coefficient (Wildman–Crippen LogP) is 6.57. The highest BCUT2D eigenvalue weighted by molar-refractivity contribution is 5.76. The molecule has 0 unspecified atom stereocenters. The molecular formula is C41H71N3O9. The highest BCUT2D eigenvalue weighted by Gasteiger charge is 2.59. The van der Waals surface area contributed by atoms with Crippen LogP contribution in [-0.4, -0.2) is 102 Å². The minimum Gasteiger partial charge on any atom is -0.480 e. The molecule has 0 radical (unpaired) electrons. The molecule has 0 aromatic rings. The van der Waals surface area contributed by atoms with Gasteiger partial charge in [0.1, 0.15) is 19.3 Å². The summed E-state index contributed by atoms with van der Waals surface area (Å²) in [5, 5.41) is 16.8. The summed E-state index contributed by atoms with van der Waals surface area (Å²) >= 11 is 0. The Labute approximate surface area is 318 Å². The van der Waals surface area contributed by atoms with Crippen molar-refractivity contribution in [3.8, 4) is 0 Å². The van der Waals surface area contributed by atoms with Crippen molar-refractivity contribution < 1.29 is 43.2 Å². The molecule has 0 aromatic carbocycles. The van der Waals surface area contributed by atoms with Gasteiger partial charge in [0.05, 0.1) is 39.6 Å². The lowest BCUT2D eigenvalue weighted by Crippen LogP contribution is -2.51. The molecule has 4 rings (SSSR count). The Bertz CT molecular complexity index is 1180. The van der Waals surface area contributed by atoms with Gasteiger partial charge in [-0.15, -0.1) is 0 Å². The number of aliphatic carboxylic acids is 1. The van der Waals surface area contributed by atoms with Crippen molar-refractivity contribution in [2.45, 2.75) is 111 Å². The molecule has 3 fully saturated rings. The zero-order valence-corrected chi connectivity index (χ0v) is 33.4. The van der Waals surface area contributed by atoms with E-state index in [1.54, 1.807) is 5.57 Å². The first kappa shape index (κ1) is 43.3. The molecule has 4 aliphatic rings. The van der Waals surface area contributed by atoms with E-state index < -0.39 is 18.6 Å². The number of fused-ring (bicyclic) bond motifs is 5. The van der Waals surface area contributed by atoms with Gasteiger partial charge in [0.25, 0.3) is 0 Å². The second-order valence-electron chi connectivity index (χ2n) is 17.0. The van der Waals surface area contributed by atoms with Gasteiger partial charge in [-0.05, 0) is 91.3 Å². The molecule has 2 amide bonds. The number of carbonyl (C=O) groups excluding carboxylic acids is 2. The van der Waals surface area contributed by atoms with Gasteiger partial charge in [-0.2, -0.15) is 0 Å². The van der Waals surface area contributed by atoms with Crippen LogP contribution in [0.5, 0.6) is 0 Å². The Morgan fingerprint density at radius 2 is 1.53 bits per heavy atom. The third kappa shape index (κ3) is 12.8. The van der Waals surface area contributed by atoms with Crippen molar-refractivity contribution in [3.63, 3.8) is 0 Å². The van der Waals surface area contributed by atoms with E-state index >= 15 is 0 Å². The van der Waals surface area contributed by atoms with Crippen LogP contribution in [0, 0.1) is 46.3 Å². The van der Waals surface area contributed by atoms with Gasteiger partial charge in [0.2, 0.25) is 0 Å². The summed E-state index contributed by atoms with van der Waals surface area (Å²) in [6, 6.07) is 0. The summed E-state index contributed by atoms with van der Waals surface area (Å²) in [6.45, 7) is 16.1. The van der Waals surface area contributed by atoms with Crippen LogP contribution in [0.1, 0.15) is 105 Å². The van der Waals surface area contributed by atoms with Crippen molar-refractivity contribution in [1.82, 2.24) is 16.0 Å². The average molecular weight is 750 g/mol. The maximum absolute atomic E-state index is 12.7. The standard InChI is InChI=1S/C41H71N3O9/c1-29(2)7-6-8-30(3)34-11-12-35-33-10-9-31-27-32(13-15-40(31,4)36(33)14-16-41(34,35)5)53-39(48)43-18-17-42-19-20-49-21-22-50-23-24-51-25-26-52-38(47)44-28-37(45)46/h9,29-30,32-36,42H,6-8,10-28H2,1-5H3,(H,43,48)(H,44,47)(H,45,46)/t30-,32+,33+,34-,35+,36+,40+,41-/m1/s1. The van der Waals surface area contributed by atoms with E-state index in [-0.39, 0.29) is 30.8 Å². The number of hydrogen-bond acceptors (Lipinski definition) is 9. The monoisotopic (exact) mass is 750 g/mol. The Balaban J connectivity index is 1.02. The number of amides is 2. The second kappa shape index (κ2) is 21.6. The first-order valence-electron chi connectivity index (χ1n) is 20.6. The molecule has 8 atom stereocenters. The van der Waals surface area contributed by atoms with Crippen LogP contribution >= 0.6 is 0 Å². The molecule has 4 N–H and O–H groups in total. The number of carboxylic acid groups (broad SMARTS) is 1. The molecule has 0 spiro atoms. The number of ether oxygens (including phenoxy) is 5. The summed E-state index contributed by atoms with van der Waals surface area (Å²) in [6.07, 6.45) is 15.3. The summed E-state index contributed by atoms with van der Waals surface area (Å²) < 4.78 is 27.0. The van der Waals surface area contributed by atoms with Crippen LogP contribution < -0.4 is 16.0 Å². The van der Waals surface area contributed by atoms with Gasteiger partial charge in [-0.25, -0.2) is 9.59 Å². The Morgan fingerprint density at radius 3 is 2.25 bits per heavy atom. The fourth-order valence-electron chi connectivity index (χ4n) is 10.4. The van der Waals surface area contributed by atoms with E-state index in [1.165, 1.54) is 51.4 Å². The van der Waals surface area contributed by atoms with Crippen molar-refractivity contribution in [3.05, 3.63) is 11.6 Å². The topological polar surface area (TPSA) is 154 Å². The van der Waals surface area contributed by atoms with E-state index in [0.29, 0.717) is 58.1 Å². The highest BCUT2D eigenvalue weighted by atomic mass is 16.6. The first-order chi connectivity index (χ1) is 25.4. The van der Waals surface area contributed by atoms with Crippen LogP contribution in [0.3, 0.4) is 0 Å². The van der Waals surface area contributed by atoms with E-state index in [1.807, 2.05) is 0 Å². The Hall–Kier alpha value is -2.41. The summed E-state index contributed by atoms with van der Waals surface area (Å²) in [4.78, 5) is 34.2. The lowest BCUT2D eigenvalue weighted by atomic mass is 9.47. The largest absolute Gasteiger partial charge is 0.480 e. The molecule has 12 nitrogen and oxygen atoms in total. The molecule has 3 saturated carbocycles. The van der Waals surface area contributed by atoms with Gasteiger partial charge >= 0.3 is 18.2 Å². The summed E-state index contributed by atoms with van der Waals surface area (Å²) in [5.74, 6) is 3.82. The van der Waals surface area contributed by atoms with Gasteiger partial charge < -0.3 is 44.7 Å². The predicted molar refractivity (Wildman–Crippen MR) is 204 cm³/mol.